The molecule has 9 heteroatoms. The molecule has 0 bridgehead atoms. The van der Waals surface area contributed by atoms with E-state index in [0.29, 0.717) is 0 Å². The van der Waals surface area contributed by atoms with E-state index in [0.717, 1.165) is 36.2 Å². The van der Waals surface area contributed by atoms with Crippen LogP contribution in [0.3, 0.4) is 0 Å². The molecule has 0 aliphatic carbocycles. The lowest BCUT2D eigenvalue weighted by atomic mass is 10.2. The van der Waals surface area contributed by atoms with Crippen molar-refractivity contribution in [2.24, 2.45) is 0 Å². The van der Waals surface area contributed by atoms with E-state index in [1.807, 2.05) is 0 Å². The van der Waals surface area contributed by atoms with Gasteiger partial charge in [0, 0.05) is 0 Å². The molecule has 0 fully saturated rings. The number of carbonyl (C=O) groups is 1. The number of hydrogen-bond acceptors (Lipinski definition) is 4. The van der Waals surface area contributed by atoms with Crippen LogP contribution >= 0.6 is 11.6 Å². The van der Waals surface area contributed by atoms with Gasteiger partial charge in [-0.2, -0.15) is 13.2 Å². The maximum absolute atomic E-state index is 12.7. The van der Waals surface area contributed by atoms with E-state index in [1.54, 1.807) is 0 Å². The Balaban J connectivity index is 2.57. The van der Waals surface area contributed by atoms with Crippen LogP contribution in [0.5, 0.6) is 0 Å². The molecule has 2 rings (SSSR count). The van der Waals surface area contributed by atoms with Crippen LogP contribution in [0.15, 0.2) is 24.5 Å². The van der Waals surface area contributed by atoms with Crippen LogP contribution < -0.4 is 5.73 Å². The number of rotatable bonds is 2. The Kier molecular flexibility index (Phi) is 3.82. The lowest BCUT2D eigenvalue weighted by Crippen LogP contribution is -2.09. The summed E-state index contributed by atoms with van der Waals surface area (Å²) in [4.78, 5) is 15.1. The Morgan fingerprint density at radius 2 is 2.10 bits per heavy atom. The van der Waals surface area contributed by atoms with E-state index < -0.39 is 17.7 Å². The highest BCUT2D eigenvalue weighted by Crippen LogP contribution is 2.34. The van der Waals surface area contributed by atoms with Gasteiger partial charge in [-0.3, -0.25) is 4.57 Å². The summed E-state index contributed by atoms with van der Waals surface area (Å²) in [5.74, 6) is -0.961. The summed E-state index contributed by atoms with van der Waals surface area (Å²) in [7, 11) is 1.14. The monoisotopic (exact) mass is 319 g/mol. The van der Waals surface area contributed by atoms with Crippen LogP contribution in [0, 0.1) is 0 Å². The van der Waals surface area contributed by atoms with E-state index >= 15 is 0 Å². The fraction of sp³-hybridized carbons (Fsp3) is 0.167. The van der Waals surface area contributed by atoms with E-state index in [2.05, 4.69) is 9.72 Å². The van der Waals surface area contributed by atoms with Crippen LogP contribution in [-0.2, 0) is 10.9 Å². The molecule has 112 valence electrons. The number of aromatic nitrogens is 2. The minimum atomic E-state index is -4.53. The van der Waals surface area contributed by atoms with Crippen LogP contribution in [0.4, 0.5) is 19.0 Å². The molecule has 0 saturated carbocycles. The Labute approximate surface area is 122 Å². The summed E-state index contributed by atoms with van der Waals surface area (Å²) in [5, 5.41) is 0.0310. The number of anilines is 1. The maximum atomic E-state index is 12.7. The lowest BCUT2D eigenvalue weighted by molar-refractivity contribution is -0.137. The highest BCUT2D eigenvalue weighted by molar-refractivity contribution is 6.32. The average Bonchev–Trinajstić information content (AvgIpc) is 2.79. The van der Waals surface area contributed by atoms with E-state index in [-0.39, 0.29) is 22.2 Å². The minimum Gasteiger partial charge on any atom is -0.464 e. The Hall–Kier alpha value is -2.22. The maximum Gasteiger partial charge on any atom is 0.416 e. The third-order valence-corrected chi connectivity index (χ3v) is 3.04. The molecule has 2 aromatic rings. The topological polar surface area (TPSA) is 70.1 Å². The number of hydrogen-bond donors (Lipinski definition) is 1. The smallest absolute Gasteiger partial charge is 0.416 e. The summed E-state index contributed by atoms with van der Waals surface area (Å²) in [6.45, 7) is 0. The fourth-order valence-corrected chi connectivity index (χ4v) is 1.89. The second-order valence-electron chi connectivity index (χ2n) is 4.00. The highest BCUT2D eigenvalue weighted by Gasteiger charge is 2.31. The molecular weight excluding hydrogens is 311 g/mol. The molecule has 0 amide bonds. The molecule has 1 aromatic carbocycles. The van der Waals surface area contributed by atoms with Gasteiger partial charge in [0.1, 0.15) is 12.1 Å². The quantitative estimate of drug-likeness (QED) is 0.864. The van der Waals surface area contributed by atoms with Gasteiger partial charge in [-0.15, -0.1) is 0 Å². The van der Waals surface area contributed by atoms with Gasteiger partial charge in [0.2, 0.25) is 0 Å². The molecule has 0 aliphatic heterocycles. The van der Waals surface area contributed by atoms with Gasteiger partial charge in [-0.05, 0) is 18.2 Å². The molecule has 5 nitrogen and oxygen atoms in total. The van der Waals surface area contributed by atoms with Gasteiger partial charge < -0.3 is 10.5 Å². The molecule has 0 radical (unpaired) electrons. The van der Waals surface area contributed by atoms with Crippen molar-refractivity contribution in [2.45, 2.75) is 6.18 Å². The molecule has 0 saturated heterocycles. The predicted molar refractivity (Wildman–Crippen MR) is 69.3 cm³/mol. The highest BCUT2D eigenvalue weighted by atomic mass is 35.5. The van der Waals surface area contributed by atoms with E-state index in [4.69, 9.17) is 17.3 Å². The predicted octanol–water partition coefficient (Wildman–Crippen LogP) is 2.91. The standard InChI is InChI=1S/C12H9ClF3N3O2/c1-21-11(20)9-10(17)19(5-18-9)8-4-6(12(14,15)16)2-3-7(8)13/h2-5H,17H2,1H3. The number of methoxy groups -OCH3 is 1. The Morgan fingerprint density at radius 3 is 2.67 bits per heavy atom. The Bertz CT molecular complexity index is 698. The van der Waals surface area contributed by atoms with Crippen molar-refractivity contribution in [1.82, 2.24) is 9.55 Å². The molecule has 0 unspecified atom stereocenters. The van der Waals surface area contributed by atoms with Crippen LogP contribution in [0.1, 0.15) is 16.1 Å². The third kappa shape index (κ3) is 2.80. The first kappa shape index (κ1) is 15.2. The van der Waals surface area contributed by atoms with Gasteiger partial charge in [0.15, 0.2) is 5.69 Å². The molecule has 1 heterocycles. The molecule has 21 heavy (non-hydrogen) atoms. The van der Waals surface area contributed by atoms with Crippen molar-refractivity contribution >= 4 is 23.4 Å². The summed E-state index contributed by atoms with van der Waals surface area (Å²) >= 11 is 5.89. The number of benzene rings is 1. The zero-order valence-corrected chi connectivity index (χ0v) is 11.4. The number of nitrogens with two attached hydrogens (primary N) is 1. The fourth-order valence-electron chi connectivity index (χ4n) is 1.68. The number of nitrogens with zero attached hydrogens (tertiary/aromatic N) is 2. The second kappa shape index (κ2) is 5.28. The lowest BCUT2D eigenvalue weighted by Gasteiger charge is -2.12. The van der Waals surface area contributed by atoms with Gasteiger partial charge in [0.25, 0.3) is 0 Å². The van der Waals surface area contributed by atoms with Crippen molar-refractivity contribution in [3.8, 4) is 5.69 Å². The first-order valence-electron chi connectivity index (χ1n) is 5.54. The molecule has 0 aliphatic rings. The van der Waals surface area contributed by atoms with E-state index in [1.165, 1.54) is 0 Å². The number of alkyl halides is 3. The van der Waals surface area contributed by atoms with Crippen molar-refractivity contribution in [3.05, 3.63) is 40.8 Å². The molecule has 2 N–H and O–H groups in total. The van der Waals surface area contributed by atoms with Gasteiger partial charge in [-0.25, -0.2) is 9.78 Å². The average molecular weight is 320 g/mol. The molecule has 0 spiro atoms. The molecule has 1 aromatic heterocycles. The van der Waals surface area contributed by atoms with Gasteiger partial charge >= 0.3 is 12.1 Å². The molecular formula is C12H9ClF3N3O2. The SMILES string of the molecule is COC(=O)c1ncn(-c2cc(C(F)(F)F)ccc2Cl)c1N. The van der Waals surface area contributed by atoms with Crippen molar-refractivity contribution in [3.63, 3.8) is 0 Å². The summed E-state index contributed by atoms with van der Waals surface area (Å²) < 4.78 is 43.7. The van der Waals surface area contributed by atoms with E-state index in [9.17, 15) is 18.0 Å². The first-order valence-corrected chi connectivity index (χ1v) is 5.91. The Morgan fingerprint density at radius 1 is 1.43 bits per heavy atom. The zero-order valence-electron chi connectivity index (χ0n) is 10.6. The summed E-state index contributed by atoms with van der Waals surface area (Å²) in [6.07, 6.45) is -3.43. The zero-order chi connectivity index (χ0) is 15.8. The van der Waals surface area contributed by atoms with Crippen LogP contribution in [0.25, 0.3) is 5.69 Å². The van der Waals surface area contributed by atoms with Crippen molar-refractivity contribution in [2.75, 3.05) is 12.8 Å². The van der Waals surface area contributed by atoms with Crippen LogP contribution in [0.2, 0.25) is 5.02 Å². The number of ether oxygens (including phenoxy) is 1. The number of nitrogen functional groups attached to an aromatic ring is 1. The summed E-state index contributed by atoms with van der Waals surface area (Å²) in [5.41, 5.74) is 4.57. The normalized spacial score (nSPS) is 11.5. The minimum absolute atomic E-state index is 0.0310. The number of esters is 1. The number of halogens is 4. The number of carbonyl (C=O) groups excluding carboxylic acids is 1. The van der Waals surface area contributed by atoms with Crippen LogP contribution in [-0.4, -0.2) is 22.6 Å². The first-order chi connectivity index (χ1) is 9.75. The molecule has 0 atom stereocenters. The van der Waals surface area contributed by atoms with Crippen molar-refractivity contribution in [1.29, 1.82) is 0 Å². The van der Waals surface area contributed by atoms with Gasteiger partial charge in [0.05, 0.1) is 23.4 Å². The van der Waals surface area contributed by atoms with Gasteiger partial charge in [-0.1, -0.05) is 11.6 Å². The number of imidazole rings is 1. The third-order valence-electron chi connectivity index (χ3n) is 2.72. The second-order valence-corrected chi connectivity index (χ2v) is 4.41. The van der Waals surface area contributed by atoms with Crippen molar-refractivity contribution < 1.29 is 22.7 Å². The largest absolute Gasteiger partial charge is 0.464 e. The summed E-state index contributed by atoms with van der Waals surface area (Å²) in [6, 6.07) is 2.76.